The van der Waals surface area contributed by atoms with Crippen molar-refractivity contribution in [1.29, 1.82) is 0 Å². The van der Waals surface area contributed by atoms with E-state index in [0.29, 0.717) is 35.9 Å². The first-order valence-electron chi connectivity index (χ1n) is 8.94. The highest BCUT2D eigenvalue weighted by Crippen LogP contribution is 2.30. The van der Waals surface area contributed by atoms with Crippen molar-refractivity contribution in [3.05, 3.63) is 70.1 Å². The second kappa shape index (κ2) is 8.91. The van der Waals surface area contributed by atoms with Gasteiger partial charge in [0, 0.05) is 18.7 Å². The second-order valence-corrected chi connectivity index (χ2v) is 6.34. The van der Waals surface area contributed by atoms with Crippen molar-refractivity contribution in [2.75, 3.05) is 0 Å². The molecular weight excluding hydrogens is 371 g/mol. The number of aldehydes is 1. The highest BCUT2D eigenvalue weighted by atomic mass is 19.4. The van der Waals surface area contributed by atoms with Crippen LogP contribution in [-0.4, -0.2) is 21.9 Å². The van der Waals surface area contributed by atoms with E-state index in [2.05, 4.69) is 0 Å². The van der Waals surface area contributed by atoms with Crippen LogP contribution in [0.25, 0.3) is 0 Å². The molecule has 1 aromatic heterocycles. The molecule has 0 spiro atoms. The monoisotopic (exact) mass is 393 g/mol. The molecule has 0 aliphatic carbocycles. The smallest absolute Gasteiger partial charge is 0.416 e. The number of allylic oxidation sites excluding steroid dienone is 2. The molecule has 0 aliphatic heterocycles. The molecule has 150 valence electrons. The number of carboxylic acids is 1. The summed E-state index contributed by atoms with van der Waals surface area (Å²) < 4.78 is 40.3. The van der Waals surface area contributed by atoms with Crippen LogP contribution in [0.4, 0.5) is 13.2 Å². The van der Waals surface area contributed by atoms with Crippen LogP contribution >= 0.6 is 0 Å². The Bertz CT molecular complexity index is 895. The molecule has 0 atom stereocenters. The first-order chi connectivity index (χ1) is 13.2. The quantitative estimate of drug-likeness (QED) is 0.510. The summed E-state index contributed by atoms with van der Waals surface area (Å²) in [6.45, 7) is 3.83. The first kappa shape index (κ1) is 21.5. The summed E-state index contributed by atoms with van der Waals surface area (Å²) in [4.78, 5) is 23.4. The Balaban J connectivity index is 2.48. The van der Waals surface area contributed by atoms with Gasteiger partial charge in [0.05, 0.1) is 11.1 Å². The van der Waals surface area contributed by atoms with E-state index in [9.17, 15) is 27.9 Å². The molecule has 0 fully saturated rings. The lowest BCUT2D eigenvalue weighted by molar-refractivity contribution is -0.137. The number of rotatable bonds is 8. The Hall–Kier alpha value is -2.83. The number of carbonyl (C=O) groups excluding carboxylic acids is 1. The number of aromatic nitrogens is 1. The Morgan fingerprint density at radius 2 is 2.00 bits per heavy atom. The van der Waals surface area contributed by atoms with Gasteiger partial charge < -0.3 is 9.67 Å². The largest absolute Gasteiger partial charge is 0.477 e. The number of carboxylic acid groups (broad SMARTS) is 1. The Morgan fingerprint density at radius 3 is 2.54 bits per heavy atom. The lowest BCUT2D eigenvalue weighted by Gasteiger charge is -2.13. The van der Waals surface area contributed by atoms with E-state index < -0.39 is 17.7 Å². The number of alkyl halides is 3. The lowest BCUT2D eigenvalue weighted by atomic mass is 10.1. The van der Waals surface area contributed by atoms with Crippen molar-refractivity contribution in [2.45, 2.75) is 45.8 Å². The number of halogens is 3. The van der Waals surface area contributed by atoms with E-state index >= 15 is 0 Å². The van der Waals surface area contributed by atoms with Gasteiger partial charge in [-0.2, -0.15) is 13.2 Å². The molecule has 1 heterocycles. The van der Waals surface area contributed by atoms with Crippen LogP contribution < -0.4 is 0 Å². The zero-order valence-electron chi connectivity index (χ0n) is 15.7. The number of hydrogen-bond donors (Lipinski definition) is 1. The van der Waals surface area contributed by atoms with Crippen LogP contribution in [0.15, 0.2) is 36.4 Å². The van der Waals surface area contributed by atoms with Gasteiger partial charge in [0.1, 0.15) is 5.69 Å². The fourth-order valence-electron chi connectivity index (χ4n) is 3.35. The average Bonchev–Trinajstić information content (AvgIpc) is 2.96. The van der Waals surface area contributed by atoms with Gasteiger partial charge in [0.2, 0.25) is 0 Å². The molecule has 4 nitrogen and oxygen atoms in total. The summed E-state index contributed by atoms with van der Waals surface area (Å²) in [5.74, 6) is -1.23. The summed E-state index contributed by atoms with van der Waals surface area (Å²) >= 11 is 0. The number of aryl methyl sites for hydroxylation is 1. The van der Waals surface area contributed by atoms with Crippen LogP contribution in [0.5, 0.6) is 0 Å². The van der Waals surface area contributed by atoms with Gasteiger partial charge in [0.15, 0.2) is 6.29 Å². The molecule has 0 saturated carbocycles. The maximum absolute atomic E-state index is 12.9. The van der Waals surface area contributed by atoms with E-state index in [1.807, 2.05) is 26.0 Å². The summed E-state index contributed by atoms with van der Waals surface area (Å²) in [5, 5.41) is 9.64. The van der Waals surface area contributed by atoms with Crippen molar-refractivity contribution in [1.82, 2.24) is 4.57 Å². The maximum atomic E-state index is 12.9. The van der Waals surface area contributed by atoms with E-state index in [4.69, 9.17) is 0 Å². The molecule has 1 N–H and O–H groups in total. The van der Waals surface area contributed by atoms with Crippen LogP contribution in [0, 0.1) is 0 Å². The third-order valence-electron chi connectivity index (χ3n) is 4.62. The summed E-state index contributed by atoms with van der Waals surface area (Å²) in [7, 11) is 0. The maximum Gasteiger partial charge on any atom is 0.416 e. The molecule has 2 rings (SSSR count). The highest BCUT2D eigenvalue weighted by molar-refractivity contribution is 5.97. The number of carbonyl (C=O) groups is 2. The minimum Gasteiger partial charge on any atom is -0.477 e. The van der Waals surface area contributed by atoms with Crippen LogP contribution in [0.2, 0.25) is 0 Å². The number of benzene rings is 1. The van der Waals surface area contributed by atoms with Gasteiger partial charge in [-0.05, 0) is 37.0 Å². The minimum absolute atomic E-state index is 0.113. The summed E-state index contributed by atoms with van der Waals surface area (Å²) in [6, 6.07) is 4.98. The number of hydrogen-bond acceptors (Lipinski definition) is 2. The van der Waals surface area contributed by atoms with Crippen molar-refractivity contribution in [3.63, 3.8) is 0 Å². The van der Waals surface area contributed by atoms with Crippen LogP contribution in [0.1, 0.15) is 57.1 Å². The van der Waals surface area contributed by atoms with Crippen molar-refractivity contribution >= 4 is 12.3 Å². The average molecular weight is 393 g/mol. The van der Waals surface area contributed by atoms with Crippen LogP contribution in [-0.2, 0) is 32.0 Å². The molecule has 0 bridgehead atoms. The van der Waals surface area contributed by atoms with Crippen molar-refractivity contribution in [3.8, 4) is 0 Å². The molecule has 28 heavy (non-hydrogen) atoms. The molecule has 0 amide bonds. The topological polar surface area (TPSA) is 59.3 Å². The molecule has 7 heteroatoms. The third kappa shape index (κ3) is 4.52. The van der Waals surface area contributed by atoms with Crippen LogP contribution in [0.3, 0.4) is 0 Å². The third-order valence-corrected chi connectivity index (χ3v) is 4.62. The van der Waals surface area contributed by atoms with E-state index in [0.717, 1.165) is 12.1 Å². The number of aromatic carboxylic acids is 1. The van der Waals surface area contributed by atoms with Crippen molar-refractivity contribution < 1.29 is 27.9 Å². The summed E-state index contributed by atoms with van der Waals surface area (Å²) in [5.41, 5.74) is 1.09. The molecule has 0 saturated heterocycles. The highest BCUT2D eigenvalue weighted by Gasteiger charge is 2.30. The van der Waals surface area contributed by atoms with E-state index in [1.165, 1.54) is 6.07 Å². The Kier molecular flexibility index (Phi) is 6.83. The predicted molar refractivity (Wildman–Crippen MR) is 99.8 cm³/mol. The Morgan fingerprint density at radius 1 is 1.29 bits per heavy atom. The van der Waals surface area contributed by atoms with E-state index in [-0.39, 0.29) is 24.2 Å². The fraction of sp³-hybridized carbons (Fsp3) is 0.333. The van der Waals surface area contributed by atoms with Gasteiger partial charge >= 0.3 is 12.1 Å². The fourth-order valence-corrected chi connectivity index (χ4v) is 3.35. The normalized spacial score (nSPS) is 11.9. The second-order valence-electron chi connectivity index (χ2n) is 6.34. The molecule has 2 aromatic rings. The molecule has 1 aromatic carbocycles. The SMILES string of the molecule is C/C=C\Cc1c(CC)c(C=O)c(C(=O)O)n1CCc1cccc(C(F)(F)F)c1. The Labute approximate surface area is 161 Å². The van der Waals surface area contributed by atoms with Gasteiger partial charge in [-0.3, -0.25) is 4.79 Å². The molecule has 0 aliphatic rings. The summed E-state index contributed by atoms with van der Waals surface area (Å²) in [6.07, 6.45) is 0.923. The van der Waals surface area contributed by atoms with Crippen molar-refractivity contribution in [2.24, 2.45) is 0 Å². The van der Waals surface area contributed by atoms with Gasteiger partial charge in [-0.25, -0.2) is 4.79 Å². The van der Waals surface area contributed by atoms with Gasteiger partial charge in [-0.1, -0.05) is 37.3 Å². The standard InChI is InChI=1S/C21H22F3NO3/c1-3-5-9-18-16(4-2)17(13-26)19(20(27)28)25(18)11-10-14-7-6-8-15(12-14)21(22,23)24/h3,5-8,12-13H,4,9-11H2,1-2H3,(H,27,28)/b5-3-. The van der Waals surface area contributed by atoms with Gasteiger partial charge in [0.25, 0.3) is 0 Å². The lowest BCUT2D eigenvalue weighted by Crippen LogP contribution is -2.14. The molecule has 0 radical (unpaired) electrons. The number of nitrogens with zero attached hydrogens (tertiary/aromatic N) is 1. The molecular formula is C21H22F3NO3. The zero-order chi connectivity index (χ0) is 20.9. The zero-order valence-corrected chi connectivity index (χ0v) is 15.7. The van der Waals surface area contributed by atoms with E-state index in [1.54, 1.807) is 10.6 Å². The minimum atomic E-state index is -4.44. The molecule has 0 unspecified atom stereocenters. The first-order valence-corrected chi connectivity index (χ1v) is 8.94. The van der Waals surface area contributed by atoms with Gasteiger partial charge in [-0.15, -0.1) is 0 Å². The predicted octanol–water partition coefficient (Wildman–Crippen LogP) is 4.94.